The van der Waals surface area contributed by atoms with Crippen molar-refractivity contribution in [2.24, 2.45) is 11.7 Å². The van der Waals surface area contributed by atoms with Crippen LogP contribution in [-0.4, -0.2) is 14.8 Å². The molecule has 0 saturated heterocycles. The highest BCUT2D eigenvalue weighted by atomic mass is 32.2. The van der Waals surface area contributed by atoms with Crippen LogP contribution in [0.2, 0.25) is 0 Å². The molecule has 138 valence electrons. The minimum atomic E-state index is -0.0494. The topological polar surface area (TPSA) is 56.7 Å². The van der Waals surface area contributed by atoms with Gasteiger partial charge in [-0.1, -0.05) is 77.6 Å². The van der Waals surface area contributed by atoms with Gasteiger partial charge in [-0.2, -0.15) is 0 Å². The predicted molar refractivity (Wildman–Crippen MR) is 107 cm³/mol. The molecule has 1 heterocycles. The molecule has 0 amide bonds. The Kier molecular flexibility index (Phi) is 6.69. The van der Waals surface area contributed by atoms with E-state index in [-0.39, 0.29) is 11.5 Å². The zero-order valence-corrected chi connectivity index (χ0v) is 17.2. The maximum Gasteiger partial charge on any atom is 0.191 e. The number of thioether (sulfide) groups is 1. The minimum Gasteiger partial charge on any atom is -0.321 e. The molecule has 1 atom stereocenters. The lowest BCUT2D eigenvalue weighted by atomic mass is 9.87. The Morgan fingerprint density at radius 1 is 1.12 bits per heavy atom. The molecule has 0 fully saturated rings. The van der Waals surface area contributed by atoms with Crippen molar-refractivity contribution in [2.75, 3.05) is 0 Å². The average Bonchev–Trinajstić information content (AvgIpc) is 2.93. The molecule has 25 heavy (non-hydrogen) atoms. The minimum absolute atomic E-state index is 0.0494. The molecule has 1 aromatic carbocycles. The average molecular weight is 361 g/mol. The first-order chi connectivity index (χ1) is 11.7. The van der Waals surface area contributed by atoms with Crippen LogP contribution in [0.1, 0.15) is 71.0 Å². The van der Waals surface area contributed by atoms with Crippen molar-refractivity contribution < 1.29 is 0 Å². The second kappa shape index (κ2) is 8.37. The summed E-state index contributed by atoms with van der Waals surface area (Å²) in [7, 11) is 0. The molecule has 0 aliphatic heterocycles. The fourth-order valence-corrected chi connectivity index (χ4v) is 3.56. The van der Waals surface area contributed by atoms with Crippen LogP contribution in [0.3, 0.4) is 0 Å². The molecular weight excluding hydrogens is 328 g/mol. The fraction of sp³-hybridized carbons (Fsp3) is 0.600. The van der Waals surface area contributed by atoms with Gasteiger partial charge in [0.2, 0.25) is 0 Å². The second-order valence-electron chi connectivity index (χ2n) is 8.10. The molecule has 0 radical (unpaired) electrons. The summed E-state index contributed by atoms with van der Waals surface area (Å²) in [5.74, 6) is 2.33. The lowest BCUT2D eigenvalue weighted by Crippen LogP contribution is -2.18. The van der Waals surface area contributed by atoms with E-state index < -0.39 is 0 Å². The molecular formula is C20H32N4S. The summed E-state index contributed by atoms with van der Waals surface area (Å²) in [5.41, 5.74) is 9.07. The first kappa shape index (κ1) is 20.0. The molecule has 0 bridgehead atoms. The first-order valence-electron chi connectivity index (χ1n) is 9.13. The van der Waals surface area contributed by atoms with Crippen LogP contribution in [0.15, 0.2) is 29.4 Å². The third-order valence-electron chi connectivity index (χ3n) is 4.25. The van der Waals surface area contributed by atoms with Gasteiger partial charge < -0.3 is 10.3 Å². The van der Waals surface area contributed by atoms with E-state index in [2.05, 4.69) is 80.6 Å². The molecule has 0 aliphatic carbocycles. The van der Waals surface area contributed by atoms with Crippen molar-refractivity contribution in [3.05, 3.63) is 41.2 Å². The Morgan fingerprint density at radius 2 is 1.76 bits per heavy atom. The summed E-state index contributed by atoms with van der Waals surface area (Å²) in [6.45, 7) is 14.1. The molecule has 1 unspecified atom stereocenters. The van der Waals surface area contributed by atoms with Gasteiger partial charge in [0.25, 0.3) is 0 Å². The molecule has 5 heteroatoms. The summed E-state index contributed by atoms with van der Waals surface area (Å²) in [6, 6.07) is 8.84. The summed E-state index contributed by atoms with van der Waals surface area (Å²) >= 11 is 1.74. The highest BCUT2D eigenvalue weighted by molar-refractivity contribution is 7.98. The van der Waals surface area contributed by atoms with E-state index in [1.54, 1.807) is 11.8 Å². The van der Waals surface area contributed by atoms with Crippen molar-refractivity contribution in [3.8, 4) is 0 Å². The Bertz CT molecular complexity index is 668. The molecule has 2 N–H and O–H groups in total. The summed E-state index contributed by atoms with van der Waals surface area (Å²) in [5, 5.41) is 9.74. The van der Waals surface area contributed by atoms with Gasteiger partial charge in [-0.3, -0.25) is 0 Å². The molecule has 2 rings (SSSR count). The summed E-state index contributed by atoms with van der Waals surface area (Å²) < 4.78 is 2.20. The van der Waals surface area contributed by atoms with Crippen LogP contribution in [0.5, 0.6) is 0 Å². The lowest BCUT2D eigenvalue weighted by Gasteiger charge is -2.19. The molecule has 4 nitrogen and oxygen atoms in total. The zero-order valence-electron chi connectivity index (χ0n) is 16.4. The second-order valence-corrected chi connectivity index (χ2v) is 9.04. The van der Waals surface area contributed by atoms with E-state index in [9.17, 15) is 0 Å². The normalized spacial score (nSPS) is 13.4. The number of hydrogen-bond acceptors (Lipinski definition) is 4. The van der Waals surface area contributed by atoms with Gasteiger partial charge in [0.05, 0.1) is 6.04 Å². The Morgan fingerprint density at radius 3 is 2.28 bits per heavy atom. The fourth-order valence-electron chi connectivity index (χ4n) is 2.65. The number of aromatic nitrogens is 3. The van der Waals surface area contributed by atoms with Gasteiger partial charge in [-0.25, -0.2) is 0 Å². The van der Waals surface area contributed by atoms with Crippen molar-refractivity contribution in [1.29, 1.82) is 0 Å². The van der Waals surface area contributed by atoms with E-state index >= 15 is 0 Å². The predicted octanol–water partition coefficient (Wildman–Crippen LogP) is 4.93. The Balaban J connectivity index is 2.13. The van der Waals surface area contributed by atoms with Crippen LogP contribution >= 0.6 is 11.8 Å². The third-order valence-corrected chi connectivity index (χ3v) is 5.29. The smallest absolute Gasteiger partial charge is 0.191 e. The molecule has 0 spiro atoms. The van der Waals surface area contributed by atoms with E-state index in [1.165, 1.54) is 11.1 Å². The SMILES string of the molecule is CCC(N)c1nnc(SCc2ccc(C(C)(C)C)cc2)n1CC(C)C. The summed E-state index contributed by atoms with van der Waals surface area (Å²) in [4.78, 5) is 0. The van der Waals surface area contributed by atoms with Crippen LogP contribution in [0.4, 0.5) is 0 Å². The Labute approximate surface area is 156 Å². The monoisotopic (exact) mass is 360 g/mol. The van der Waals surface area contributed by atoms with E-state index in [1.807, 2.05) is 0 Å². The highest BCUT2D eigenvalue weighted by Crippen LogP contribution is 2.27. The number of nitrogens with two attached hydrogens (primary N) is 1. The van der Waals surface area contributed by atoms with Crippen molar-refractivity contribution >= 4 is 11.8 Å². The van der Waals surface area contributed by atoms with Crippen molar-refractivity contribution in [1.82, 2.24) is 14.8 Å². The van der Waals surface area contributed by atoms with Gasteiger partial charge in [0, 0.05) is 12.3 Å². The van der Waals surface area contributed by atoms with E-state index in [4.69, 9.17) is 5.73 Å². The van der Waals surface area contributed by atoms with E-state index in [0.29, 0.717) is 5.92 Å². The molecule has 0 aliphatic rings. The highest BCUT2D eigenvalue weighted by Gasteiger charge is 2.18. The number of hydrogen-bond donors (Lipinski definition) is 1. The number of benzene rings is 1. The van der Waals surface area contributed by atoms with Crippen LogP contribution in [0.25, 0.3) is 0 Å². The maximum atomic E-state index is 6.22. The quantitative estimate of drug-likeness (QED) is 0.711. The Hall–Kier alpha value is -1.33. The standard InChI is InChI=1S/C20H32N4S/c1-7-17(21)18-22-23-19(24(18)12-14(2)3)25-13-15-8-10-16(11-9-15)20(4,5)6/h8-11,14,17H,7,12-13,21H2,1-6H3. The van der Waals surface area contributed by atoms with Gasteiger partial charge in [-0.15, -0.1) is 10.2 Å². The first-order valence-corrected chi connectivity index (χ1v) is 10.1. The van der Waals surface area contributed by atoms with Gasteiger partial charge in [0.1, 0.15) is 0 Å². The largest absolute Gasteiger partial charge is 0.321 e. The van der Waals surface area contributed by atoms with Gasteiger partial charge in [0.15, 0.2) is 11.0 Å². The van der Waals surface area contributed by atoms with Crippen molar-refractivity contribution in [3.63, 3.8) is 0 Å². The summed E-state index contributed by atoms with van der Waals surface area (Å²) in [6.07, 6.45) is 0.870. The third kappa shape index (κ3) is 5.32. The lowest BCUT2D eigenvalue weighted by molar-refractivity contribution is 0.462. The van der Waals surface area contributed by atoms with Crippen LogP contribution in [-0.2, 0) is 17.7 Å². The number of nitrogens with zero attached hydrogens (tertiary/aromatic N) is 3. The number of rotatable bonds is 7. The van der Waals surface area contributed by atoms with Crippen molar-refractivity contribution in [2.45, 2.75) is 76.9 Å². The van der Waals surface area contributed by atoms with Gasteiger partial charge >= 0.3 is 0 Å². The maximum absolute atomic E-state index is 6.22. The van der Waals surface area contributed by atoms with Gasteiger partial charge in [-0.05, 0) is 28.9 Å². The van der Waals surface area contributed by atoms with E-state index in [0.717, 1.165) is 29.7 Å². The molecule has 1 aromatic heterocycles. The van der Waals surface area contributed by atoms with Crippen LogP contribution < -0.4 is 5.73 Å². The molecule has 0 saturated carbocycles. The zero-order chi connectivity index (χ0) is 18.6. The van der Waals surface area contributed by atoms with Crippen LogP contribution in [0, 0.1) is 5.92 Å². The molecule has 2 aromatic rings.